The minimum Gasteiger partial charge on any atom is -0.206 e. The van der Waals surface area contributed by atoms with Crippen molar-refractivity contribution in [2.75, 3.05) is 0 Å². The Morgan fingerprint density at radius 1 is 1.27 bits per heavy atom. The number of hydrogen-bond donors (Lipinski definition) is 0. The molecule has 2 rings (SSSR count). The average Bonchev–Trinajstić information content (AvgIpc) is 2.15. The molecule has 15 heavy (non-hydrogen) atoms. The maximum Gasteiger partial charge on any atom is 0.255 e. The molecule has 1 atom stereocenters. The van der Waals surface area contributed by atoms with Crippen LogP contribution in [0.1, 0.15) is 37.3 Å². The summed E-state index contributed by atoms with van der Waals surface area (Å²) >= 11 is 0. The topological polar surface area (TPSA) is 0 Å². The number of halogens is 2. The fourth-order valence-electron chi connectivity index (χ4n) is 2.60. The van der Waals surface area contributed by atoms with E-state index in [1.807, 2.05) is 38.1 Å². The highest BCUT2D eigenvalue weighted by atomic mass is 19.3. The molecule has 0 bridgehead atoms. The van der Waals surface area contributed by atoms with E-state index in [0.717, 1.165) is 11.1 Å². The van der Waals surface area contributed by atoms with Gasteiger partial charge in [0.2, 0.25) is 0 Å². The summed E-state index contributed by atoms with van der Waals surface area (Å²) in [6, 6.07) is 7.61. The van der Waals surface area contributed by atoms with Gasteiger partial charge in [-0.2, -0.15) is 0 Å². The highest BCUT2D eigenvalue weighted by Crippen LogP contribution is 2.46. The minimum atomic E-state index is -2.54. The Hall–Kier alpha value is -0.920. The molecule has 1 aliphatic carbocycles. The van der Waals surface area contributed by atoms with E-state index in [4.69, 9.17) is 0 Å². The number of fused-ring (bicyclic) bond motifs is 1. The average molecular weight is 210 g/mol. The normalized spacial score (nSPS) is 23.9. The van der Waals surface area contributed by atoms with Crippen LogP contribution in [0.2, 0.25) is 0 Å². The lowest BCUT2D eigenvalue weighted by atomic mass is 9.74. The van der Waals surface area contributed by atoms with Crippen LogP contribution in [0.3, 0.4) is 0 Å². The minimum absolute atomic E-state index is 0.00708. The standard InChI is InChI=1S/C13H16F2/c1-9(2)12-11-6-4-3-5-10(11)7-8-13(12,14)15/h3-6,9,12H,7-8H2,1-2H3. The van der Waals surface area contributed by atoms with Crippen molar-refractivity contribution in [2.45, 2.75) is 38.5 Å². The van der Waals surface area contributed by atoms with Crippen LogP contribution in [0.4, 0.5) is 8.78 Å². The molecule has 1 aromatic carbocycles. The Bertz CT molecular complexity index is 355. The molecule has 1 aliphatic rings. The second-order valence-electron chi connectivity index (χ2n) is 4.68. The van der Waals surface area contributed by atoms with Gasteiger partial charge in [-0.1, -0.05) is 38.1 Å². The maximum absolute atomic E-state index is 13.8. The van der Waals surface area contributed by atoms with Crippen molar-refractivity contribution < 1.29 is 8.78 Å². The van der Waals surface area contributed by atoms with Crippen LogP contribution in [0.5, 0.6) is 0 Å². The third-order valence-corrected chi connectivity index (χ3v) is 3.24. The number of alkyl halides is 2. The Labute approximate surface area is 89.3 Å². The van der Waals surface area contributed by atoms with Gasteiger partial charge in [0.15, 0.2) is 0 Å². The summed E-state index contributed by atoms with van der Waals surface area (Å²) in [6.45, 7) is 3.75. The first-order valence-electron chi connectivity index (χ1n) is 5.48. The molecule has 0 aromatic heterocycles. The van der Waals surface area contributed by atoms with Crippen LogP contribution in [0, 0.1) is 5.92 Å². The Balaban J connectivity index is 2.48. The van der Waals surface area contributed by atoms with E-state index in [1.54, 1.807) is 0 Å². The lowest BCUT2D eigenvalue weighted by Gasteiger charge is -2.35. The molecule has 0 saturated carbocycles. The number of rotatable bonds is 1. The first-order chi connectivity index (χ1) is 7.02. The first-order valence-corrected chi connectivity index (χ1v) is 5.48. The van der Waals surface area contributed by atoms with Crippen LogP contribution >= 0.6 is 0 Å². The van der Waals surface area contributed by atoms with E-state index in [1.165, 1.54) is 0 Å². The number of benzene rings is 1. The lowest BCUT2D eigenvalue weighted by Crippen LogP contribution is -2.35. The van der Waals surface area contributed by atoms with Crippen molar-refractivity contribution in [3.05, 3.63) is 35.4 Å². The van der Waals surface area contributed by atoms with E-state index in [-0.39, 0.29) is 12.3 Å². The van der Waals surface area contributed by atoms with E-state index in [2.05, 4.69) is 0 Å². The number of hydrogen-bond acceptors (Lipinski definition) is 0. The van der Waals surface area contributed by atoms with Gasteiger partial charge in [-0.3, -0.25) is 0 Å². The third-order valence-electron chi connectivity index (χ3n) is 3.24. The zero-order chi connectivity index (χ0) is 11.1. The van der Waals surface area contributed by atoms with Crippen LogP contribution < -0.4 is 0 Å². The Kier molecular flexibility index (Phi) is 2.53. The van der Waals surface area contributed by atoms with Crippen molar-refractivity contribution in [2.24, 2.45) is 5.92 Å². The van der Waals surface area contributed by atoms with Gasteiger partial charge in [0.25, 0.3) is 5.92 Å². The van der Waals surface area contributed by atoms with Crippen LogP contribution in [0.15, 0.2) is 24.3 Å². The molecular weight excluding hydrogens is 194 g/mol. The molecule has 0 amide bonds. The molecule has 0 saturated heterocycles. The molecule has 82 valence electrons. The van der Waals surface area contributed by atoms with Crippen LogP contribution in [-0.4, -0.2) is 5.92 Å². The van der Waals surface area contributed by atoms with Crippen LogP contribution in [0.25, 0.3) is 0 Å². The van der Waals surface area contributed by atoms with Crippen molar-refractivity contribution in [3.8, 4) is 0 Å². The highest BCUT2D eigenvalue weighted by Gasteiger charge is 2.45. The van der Waals surface area contributed by atoms with E-state index in [0.29, 0.717) is 6.42 Å². The smallest absolute Gasteiger partial charge is 0.206 e. The molecule has 0 N–H and O–H groups in total. The van der Waals surface area contributed by atoms with Gasteiger partial charge in [-0.15, -0.1) is 0 Å². The van der Waals surface area contributed by atoms with Gasteiger partial charge in [-0.05, 0) is 23.5 Å². The van der Waals surface area contributed by atoms with Gasteiger partial charge in [0.1, 0.15) is 0 Å². The molecule has 2 heteroatoms. The van der Waals surface area contributed by atoms with E-state index < -0.39 is 11.8 Å². The van der Waals surface area contributed by atoms with Crippen molar-refractivity contribution in [1.29, 1.82) is 0 Å². The fourth-order valence-corrected chi connectivity index (χ4v) is 2.60. The zero-order valence-electron chi connectivity index (χ0n) is 9.13. The molecule has 0 fully saturated rings. The van der Waals surface area contributed by atoms with E-state index in [9.17, 15) is 8.78 Å². The monoisotopic (exact) mass is 210 g/mol. The molecular formula is C13H16F2. The summed E-state index contributed by atoms with van der Waals surface area (Å²) in [5, 5.41) is 0. The zero-order valence-corrected chi connectivity index (χ0v) is 9.13. The second kappa shape index (κ2) is 3.58. The summed E-state index contributed by atoms with van der Waals surface area (Å²) in [5.74, 6) is -3.16. The predicted octanol–water partition coefficient (Wildman–Crippen LogP) is 4.01. The molecule has 0 heterocycles. The Morgan fingerprint density at radius 2 is 1.93 bits per heavy atom. The first kappa shape index (κ1) is 10.6. The van der Waals surface area contributed by atoms with E-state index >= 15 is 0 Å². The highest BCUT2D eigenvalue weighted by molar-refractivity contribution is 5.35. The maximum atomic E-state index is 13.8. The summed E-state index contributed by atoms with van der Waals surface area (Å²) < 4.78 is 27.6. The molecule has 0 nitrogen and oxygen atoms in total. The molecule has 0 aliphatic heterocycles. The Morgan fingerprint density at radius 3 is 2.60 bits per heavy atom. The van der Waals surface area contributed by atoms with Gasteiger partial charge < -0.3 is 0 Å². The van der Waals surface area contributed by atoms with Gasteiger partial charge in [-0.25, -0.2) is 8.78 Å². The lowest BCUT2D eigenvalue weighted by molar-refractivity contribution is -0.0548. The van der Waals surface area contributed by atoms with Gasteiger partial charge in [0.05, 0.1) is 5.92 Å². The molecule has 1 unspecified atom stereocenters. The second-order valence-corrected chi connectivity index (χ2v) is 4.68. The van der Waals surface area contributed by atoms with Gasteiger partial charge >= 0.3 is 0 Å². The molecule has 1 aromatic rings. The summed E-state index contributed by atoms with van der Waals surface area (Å²) in [7, 11) is 0. The largest absolute Gasteiger partial charge is 0.255 e. The van der Waals surface area contributed by atoms with Gasteiger partial charge in [0, 0.05) is 6.42 Å². The van der Waals surface area contributed by atoms with Crippen LogP contribution in [-0.2, 0) is 6.42 Å². The quantitative estimate of drug-likeness (QED) is 0.657. The van der Waals surface area contributed by atoms with Crippen molar-refractivity contribution in [1.82, 2.24) is 0 Å². The fraction of sp³-hybridized carbons (Fsp3) is 0.538. The molecule has 0 spiro atoms. The summed E-state index contributed by atoms with van der Waals surface area (Å²) in [6.07, 6.45) is 0.499. The van der Waals surface area contributed by atoms with Crippen molar-refractivity contribution >= 4 is 0 Å². The van der Waals surface area contributed by atoms with Crippen molar-refractivity contribution in [3.63, 3.8) is 0 Å². The predicted molar refractivity (Wildman–Crippen MR) is 57.3 cm³/mol. The summed E-state index contributed by atoms with van der Waals surface area (Å²) in [5.41, 5.74) is 1.95. The number of aryl methyl sites for hydroxylation is 1. The SMILES string of the molecule is CC(C)C1c2ccccc2CCC1(F)F. The summed E-state index contributed by atoms with van der Waals surface area (Å²) in [4.78, 5) is 0. The molecule has 0 radical (unpaired) electrons. The third kappa shape index (κ3) is 1.77.